The second kappa shape index (κ2) is 8.66. The maximum atomic E-state index is 12.3. The first-order chi connectivity index (χ1) is 14.6. The number of nitrogens with zero attached hydrogens (tertiary/aromatic N) is 1. The lowest BCUT2D eigenvalue weighted by Gasteiger charge is -2.12. The minimum absolute atomic E-state index is 0.240. The zero-order chi connectivity index (χ0) is 20.9. The summed E-state index contributed by atoms with van der Waals surface area (Å²) < 4.78 is 16.7. The number of hydrogen-bond acceptors (Lipinski definition) is 5. The van der Waals surface area contributed by atoms with E-state index in [9.17, 15) is 4.79 Å². The molecule has 4 rings (SSSR count). The number of carbonyl (C=O) groups excluding carboxylic acids is 1. The number of ether oxygens (including phenoxy) is 3. The number of hydrogen-bond donors (Lipinski definition) is 0. The number of esters is 1. The van der Waals surface area contributed by atoms with Gasteiger partial charge >= 0.3 is 5.97 Å². The standard InChI is InChI=1S/C25H21NO4/c1-17-8-6-7-11-20(17)16-29-23-15-18(12-13-22(23)28-2)14-21-25(27)30-24(26-21)19-9-4-3-5-10-19/h3-15H,16H2,1-2H3/b21-14-. The molecule has 5 nitrogen and oxygen atoms in total. The maximum absolute atomic E-state index is 12.3. The van der Waals surface area contributed by atoms with Crippen molar-refractivity contribution in [3.05, 3.63) is 101 Å². The Hall–Kier alpha value is -3.86. The molecule has 0 saturated heterocycles. The fourth-order valence-electron chi connectivity index (χ4n) is 3.09. The lowest BCUT2D eigenvalue weighted by molar-refractivity contribution is -0.129. The zero-order valence-electron chi connectivity index (χ0n) is 16.8. The van der Waals surface area contributed by atoms with Crippen LogP contribution in [0.2, 0.25) is 0 Å². The van der Waals surface area contributed by atoms with Crippen molar-refractivity contribution in [2.45, 2.75) is 13.5 Å². The smallest absolute Gasteiger partial charge is 0.363 e. The molecule has 0 unspecified atom stereocenters. The molecule has 30 heavy (non-hydrogen) atoms. The van der Waals surface area contributed by atoms with Crippen LogP contribution in [-0.2, 0) is 16.1 Å². The Bertz CT molecular complexity index is 1130. The molecule has 0 saturated carbocycles. The number of aliphatic imine (C=N–C) groups is 1. The Kier molecular flexibility index (Phi) is 5.61. The van der Waals surface area contributed by atoms with Crippen LogP contribution in [0.4, 0.5) is 0 Å². The Balaban J connectivity index is 1.59. The normalized spacial score (nSPS) is 14.4. The fraction of sp³-hybridized carbons (Fsp3) is 0.120. The van der Waals surface area contributed by atoms with Gasteiger partial charge in [0.1, 0.15) is 6.61 Å². The number of carbonyl (C=O) groups is 1. The van der Waals surface area contributed by atoms with E-state index in [1.165, 1.54) is 0 Å². The highest BCUT2D eigenvalue weighted by Crippen LogP contribution is 2.30. The average molecular weight is 399 g/mol. The van der Waals surface area contributed by atoms with Crippen LogP contribution < -0.4 is 9.47 Å². The minimum Gasteiger partial charge on any atom is -0.493 e. The lowest BCUT2D eigenvalue weighted by Crippen LogP contribution is -2.05. The van der Waals surface area contributed by atoms with Crippen LogP contribution >= 0.6 is 0 Å². The molecule has 0 radical (unpaired) electrons. The second-order valence-electron chi connectivity index (χ2n) is 6.83. The molecule has 3 aromatic carbocycles. The molecule has 0 aliphatic carbocycles. The van der Waals surface area contributed by atoms with Crippen molar-refractivity contribution < 1.29 is 19.0 Å². The van der Waals surface area contributed by atoms with Crippen molar-refractivity contribution in [2.75, 3.05) is 7.11 Å². The first kappa shape index (κ1) is 19.5. The van der Waals surface area contributed by atoms with Gasteiger partial charge in [-0.1, -0.05) is 48.5 Å². The van der Waals surface area contributed by atoms with Crippen molar-refractivity contribution in [1.82, 2.24) is 0 Å². The van der Waals surface area contributed by atoms with Crippen LogP contribution in [0, 0.1) is 6.92 Å². The summed E-state index contributed by atoms with van der Waals surface area (Å²) in [6.07, 6.45) is 1.68. The highest BCUT2D eigenvalue weighted by molar-refractivity contribution is 6.12. The Morgan fingerprint density at radius 3 is 2.50 bits per heavy atom. The average Bonchev–Trinajstić information content (AvgIpc) is 3.14. The topological polar surface area (TPSA) is 57.1 Å². The van der Waals surface area contributed by atoms with Gasteiger partial charge < -0.3 is 14.2 Å². The predicted molar refractivity (Wildman–Crippen MR) is 116 cm³/mol. The number of methoxy groups -OCH3 is 1. The van der Waals surface area contributed by atoms with E-state index in [1.807, 2.05) is 79.7 Å². The van der Waals surface area contributed by atoms with Gasteiger partial charge in [0.05, 0.1) is 7.11 Å². The monoisotopic (exact) mass is 399 g/mol. The third kappa shape index (κ3) is 4.25. The van der Waals surface area contributed by atoms with E-state index in [-0.39, 0.29) is 5.70 Å². The van der Waals surface area contributed by atoms with E-state index in [0.717, 1.165) is 22.3 Å². The van der Waals surface area contributed by atoms with Gasteiger partial charge in [-0.3, -0.25) is 0 Å². The molecule has 3 aromatic rings. The Morgan fingerprint density at radius 2 is 1.73 bits per heavy atom. The fourth-order valence-corrected chi connectivity index (χ4v) is 3.09. The number of rotatable bonds is 6. The van der Waals surface area contributed by atoms with Crippen LogP contribution in [0.25, 0.3) is 6.08 Å². The van der Waals surface area contributed by atoms with Gasteiger partial charge in [0.15, 0.2) is 17.2 Å². The molecule has 0 aromatic heterocycles. The van der Waals surface area contributed by atoms with E-state index >= 15 is 0 Å². The molecule has 0 spiro atoms. The van der Waals surface area contributed by atoms with Crippen molar-refractivity contribution in [2.24, 2.45) is 4.99 Å². The van der Waals surface area contributed by atoms with Gasteiger partial charge in [-0.2, -0.15) is 0 Å². The number of cyclic esters (lactones) is 1. The van der Waals surface area contributed by atoms with Gasteiger partial charge in [-0.25, -0.2) is 9.79 Å². The molecule has 1 aliphatic rings. The Labute approximate surface area is 175 Å². The highest BCUT2D eigenvalue weighted by Gasteiger charge is 2.24. The third-order valence-electron chi connectivity index (χ3n) is 4.78. The summed E-state index contributed by atoms with van der Waals surface area (Å²) in [5.74, 6) is 1.03. The van der Waals surface area contributed by atoms with Gasteiger partial charge in [0.2, 0.25) is 5.90 Å². The van der Waals surface area contributed by atoms with Gasteiger partial charge in [-0.15, -0.1) is 0 Å². The summed E-state index contributed by atoms with van der Waals surface area (Å²) >= 11 is 0. The summed E-state index contributed by atoms with van der Waals surface area (Å²) in [7, 11) is 1.60. The third-order valence-corrected chi connectivity index (χ3v) is 4.78. The molecule has 0 bridgehead atoms. The maximum Gasteiger partial charge on any atom is 0.363 e. The molecule has 0 N–H and O–H groups in total. The van der Waals surface area contributed by atoms with Crippen molar-refractivity contribution >= 4 is 17.9 Å². The molecular weight excluding hydrogens is 378 g/mol. The van der Waals surface area contributed by atoms with E-state index in [1.54, 1.807) is 13.2 Å². The molecule has 0 fully saturated rings. The van der Waals surface area contributed by atoms with Gasteiger partial charge in [-0.05, 0) is 54.0 Å². The molecule has 0 amide bonds. The van der Waals surface area contributed by atoms with Crippen molar-refractivity contribution in [3.63, 3.8) is 0 Å². The molecule has 150 valence electrons. The van der Waals surface area contributed by atoms with E-state index in [0.29, 0.717) is 24.0 Å². The minimum atomic E-state index is -0.480. The van der Waals surface area contributed by atoms with Crippen LogP contribution in [0.1, 0.15) is 22.3 Å². The summed E-state index contributed by atoms with van der Waals surface area (Å²) in [5, 5.41) is 0. The predicted octanol–water partition coefficient (Wildman–Crippen LogP) is 4.93. The number of aryl methyl sites for hydroxylation is 1. The van der Waals surface area contributed by atoms with E-state index < -0.39 is 5.97 Å². The molecule has 0 atom stereocenters. The first-order valence-electron chi connectivity index (χ1n) is 9.57. The van der Waals surface area contributed by atoms with Crippen molar-refractivity contribution in [1.29, 1.82) is 0 Å². The Morgan fingerprint density at radius 1 is 0.967 bits per heavy atom. The first-order valence-corrected chi connectivity index (χ1v) is 9.57. The lowest BCUT2D eigenvalue weighted by atomic mass is 10.1. The van der Waals surface area contributed by atoms with Crippen LogP contribution in [0.5, 0.6) is 11.5 Å². The summed E-state index contributed by atoms with van der Waals surface area (Å²) in [5.41, 5.74) is 4.02. The summed E-state index contributed by atoms with van der Waals surface area (Å²) in [4.78, 5) is 16.6. The van der Waals surface area contributed by atoms with Gasteiger partial charge in [0, 0.05) is 5.56 Å². The van der Waals surface area contributed by atoms with Gasteiger partial charge in [0.25, 0.3) is 0 Å². The molecular formula is C25H21NO4. The van der Waals surface area contributed by atoms with Crippen LogP contribution in [-0.4, -0.2) is 19.0 Å². The SMILES string of the molecule is COc1ccc(/C=C2\N=C(c3ccccc3)OC2=O)cc1OCc1ccccc1C. The van der Waals surface area contributed by atoms with E-state index in [2.05, 4.69) is 4.99 Å². The second-order valence-corrected chi connectivity index (χ2v) is 6.83. The quantitative estimate of drug-likeness (QED) is 0.436. The highest BCUT2D eigenvalue weighted by atomic mass is 16.6. The molecule has 5 heteroatoms. The largest absolute Gasteiger partial charge is 0.493 e. The molecule has 1 heterocycles. The van der Waals surface area contributed by atoms with Crippen molar-refractivity contribution in [3.8, 4) is 11.5 Å². The summed E-state index contributed by atoms with van der Waals surface area (Å²) in [6, 6.07) is 22.9. The van der Waals surface area contributed by atoms with Crippen LogP contribution in [0.3, 0.4) is 0 Å². The number of benzene rings is 3. The summed E-state index contributed by atoms with van der Waals surface area (Å²) in [6.45, 7) is 2.46. The van der Waals surface area contributed by atoms with Crippen LogP contribution in [0.15, 0.2) is 83.5 Å². The van der Waals surface area contributed by atoms with E-state index in [4.69, 9.17) is 14.2 Å². The molecule has 1 aliphatic heterocycles. The zero-order valence-corrected chi connectivity index (χ0v) is 16.8.